The van der Waals surface area contributed by atoms with Crippen LogP contribution >= 0.6 is 11.6 Å². The molecule has 2 aromatic carbocycles. The van der Waals surface area contributed by atoms with E-state index in [1.165, 1.54) is 28.6 Å². The van der Waals surface area contributed by atoms with Crippen LogP contribution < -0.4 is 5.32 Å². The van der Waals surface area contributed by atoms with Gasteiger partial charge in [-0.15, -0.1) is 0 Å². The third-order valence-corrected chi connectivity index (χ3v) is 7.61. The highest BCUT2D eigenvalue weighted by molar-refractivity contribution is 7.89. The van der Waals surface area contributed by atoms with Gasteiger partial charge in [-0.05, 0) is 55.8 Å². The monoisotopic (exact) mass is 493 g/mol. The maximum Gasteiger partial charge on any atom is 0.338 e. The summed E-state index contributed by atoms with van der Waals surface area (Å²) >= 11 is 5.91. The molecule has 1 atom stereocenters. The molecule has 0 radical (unpaired) electrons. The van der Waals surface area contributed by atoms with Crippen molar-refractivity contribution in [1.82, 2.24) is 14.5 Å². The Morgan fingerprint density at radius 2 is 1.64 bits per heavy atom. The SMILES string of the molecule is CCOC(=O)c1ccc(S(=O)(=O)N2CCN(CC(=O)NC(C)c3ccc(Cl)cc3)CC2)cc1. The van der Waals surface area contributed by atoms with Crippen LogP contribution in [0.4, 0.5) is 0 Å². The van der Waals surface area contributed by atoms with Gasteiger partial charge in [0.15, 0.2) is 0 Å². The standard InChI is InChI=1S/C23H28ClN3O5S/c1-3-32-23(29)19-6-10-21(11-7-19)33(30,31)27-14-12-26(13-15-27)16-22(28)25-17(2)18-4-8-20(24)9-5-18/h4-11,17H,3,12-16H2,1-2H3,(H,25,28). The number of ether oxygens (including phenoxy) is 1. The molecule has 0 spiro atoms. The predicted molar refractivity (Wildman–Crippen MR) is 126 cm³/mol. The molecule has 8 nitrogen and oxygen atoms in total. The number of halogens is 1. The molecular weight excluding hydrogens is 466 g/mol. The fourth-order valence-corrected chi connectivity index (χ4v) is 5.13. The van der Waals surface area contributed by atoms with Crippen LogP contribution in [0.25, 0.3) is 0 Å². The van der Waals surface area contributed by atoms with Crippen molar-refractivity contribution in [1.29, 1.82) is 0 Å². The van der Waals surface area contributed by atoms with Gasteiger partial charge >= 0.3 is 5.97 Å². The number of esters is 1. The van der Waals surface area contributed by atoms with Crippen molar-refractivity contribution in [3.8, 4) is 0 Å². The summed E-state index contributed by atoms with van der Waals surface area (Å²) in [6.45, 7) is 5.51. The molecule has 0 aromatic heterocycles. The zero-order chi connectivity index (χ0) is 24.0. The number of hydrogen-bond acceptors (Lipinski definition) is 6. The Morgan fingerprint density at radius 3 is 2.21 bits per heavy atom. The number of hydrogen-bond donors (Lipinski definition) is 1. The highest BCUT2D eigenvalue weighted by atomic mass is 35.5. The number of piperazine rings is 1. The minimum absolute atomic E-state index is 0.122. The number of amides is 1. The van der Waals surface area contributed by atoms with E-state index in [4.69, 9.17) is 16.3 Å². The first-order valence-electron chi connectivity index (χ1n) is 10.7. The van der Waals surface area contributed by atoms with Crippen LogP contribution in [0.15, 0.2) is 53.4 Å². The average molecular weight is 494 g/mol. The third-order valence-electron chi connectivity index (χ3n) is 5.45. The minimum atomic E-state index is -3.68. The van der Waals surface area contributed by atoms with E-state index in [9.17, 15) is 18.0 Å². The zero-order valence-electron chi connectivity index (χ0n) is 18.7. The van der Waals surface area contributed by atoms with E-state index in [0.29, 0.717) is 23.7 Å². The van der Waals surface area contributed by atoms with Gasteiger partial charge in [-0.1, -0.05) is 23.7 Å². The molecular formula is C23H28ClN3O5S. The summed E-state index contributed by atoms with van der Waals surface area (Å²) in [7, 11) is -3.68. The van der Waals surface area contributed by atoms with E-state index in [-0.39, 0.29) is 43.1 Å². The summed E-state index contributed by atoms with van der Waals surface area (Å²) in [5, 5.41) is 3.60. The molecule has 1 heterocycles. The molecule has 1 aliphatic rings. The summed E-state index contributed by atoms with van der Waals surface area (Å²) in [4.78, 5) is 26.3. The molecule has 0 bridgehead atoms. The summed E-state index contributed by atoms with van der Waals surface area (Å²) in [6.07, 6.45) is 0. The van der Waals surface area contributed by atoms with E-state index < -0.39 is 16.0 Å². The quantitative estimate of drug-likeness (QED) is 0.568. The summed E-state index contributed by atoms with van der Waals surface area (Å²) in [6, 6.07) is 12.9. The maximum absolute atomic E-state index is 13.0. The summed E-state index contributed by atoms with van der Waals surface area (Å²) in [5.41, 5.74) is 1.26. The second-order valence-corrected chi connectivity index (χ2v) is 10.1. The molecule has 178 valence electrons. The number of nitrogens with zero attached hydrogens (tertiary/aromatic N) is 2. The first-order valence-corrected chi connectivity index (χ1v) is 12.6. The lowest BCUT2D eigenvalue weighted by atomic mass is 10.1. The van der Waals surface area contributed by atoms with Crippen LogP contribution in [0.3, 0.4) is 0 Å². The molecule has 2 aromatic rings. The van der Waals surface area contributed by atoms with Crippen LogP contribution in [0.2, 0.25) is 5.02 Å². The van der Waals surface area contributed by atoms with E-state index >= 15 is 0 Å². The van der Waals surface area contributed by atoms with Crippen molar-refractivity contribution >= 4 is 33.5 Å². The van der Waals surface area contributed by atoms with Crippen LogP contribution in [0.1, 0.15) is 35.8 Å². The summed E-state index contributed by atoms with van der Waals surface area (Å²) in [5.74, 6) is -0.609. The predicted octanol–water partition coefficient (Wildman–Crippen LogP) is 2.70. The Morgan fingerprint density at radius 1 is 1.03 bits per heavy atom. The van der Waals surface area contributed by atoms with Crippen molar-refractivity contribution in [3.05, 3.63) is 64.7 Å². The lowest BCUT2D eigenvalue weighted by Gasteiger charge is -2.33. The number of rotatable bonds is 8. The van der Waals surface area contributed by atoms with Crippen LogP contribution in [0, 0.1) is 0 Å². The highest BCUT2D eigenvalue weighted by Gasteiger charge is 2.29. The van der Waals surface area contributed by atoms with E-state index in [0.717, 1.165) is 5.56 Å². The van der Waals surface area contributed by atoms with Gasteiger partial charge in [0.25, 0.3) is 0 Å². The maximum atomic E-state index is 13.0. The normalized spacial score (nSPS) is 16.2. The third kappa shape index (κ3) is 6.54. The molecule has 1 N–H and O–H groups in total. The zero-order valence-corrected chi connectivity index (χ0v) is 20.2. The second kappa shape index (κ2) is 11.1. The molecule has 1 aliphatic heterocycles. The molecule has 1 unspecified atom stereocenters. The van der Waals surface area contributed by atoms with Crippen molar-refractivity contribution in [2.75, 3.05) is 39.3 Å². The van der Waals surface area contributed by atoms with Gasteiger partial charge in [-0.2, -0.15) is 4.31 Å². The molecule has 33 heavy (non-hydrogen) atoms. The van der Waals surface area contributed by atoms with Gasteiger partial charge in [0, 0.05) is 31.2 Å². The van der Waals surface area contributed by atoms with Crippen LogP contribution in [0.5, 0.6) is 0 Å². The number of carbonyl (C=O) groups excluding carboxylic acids is 2. The van der Waals surface area contributed by atoms with E-state index in [2.05, 4.69) is 5.32 Å². The number of benzene rings is 2. The second-order valence-electron chi connectivity index (χ2n) is 7.77. The van der Waals surface area contributed by atoms with Gasteiger partial charge in [0.2, 0.25) is 15.9 Å². The van der Waals surface area contributed by atoms with Gasteiger partial charge in [0.05, 0.1) is 29.7 Å². The topological polar surface area (TPSA) is 96.0 Å². The Labute approximate surface area is 199 Å². The molecule has 1 fully saturated rings. The Balaban J connectivity index is 1.51. The average Bonchev–Trinajstić information content (AvgIpc) is 2.80. The molecule has 3 rings (SSSR count). The minimum Gasteiger partial charge on any atom is -0.462 e. The Kier molecular flexibility index (Phi) is 8.47. The number of nitrogens with one attached hydrogen (secondary N) is 1. The number of sulfonamides is 1. The lowest BCUT2D eigenvalue weighted by molar-refractivity contribution is -0.123. The van der Waals surface area contributed by atoms with Crippen molar-refractivity contribution < 1.29 is 22.7 Å². The first-order chi connectivity index (χ1) is 15.7. The smallest absolute Gasteiger partial charge is 0.338 e. The van der Waals surface area contributed by atoms with E-state index in [1.54, 1.807) is 19.1 Å². The van der Waals surface area contributed by atoms with Crippen molar-refractivity contribution in [2.24, 2.45) is 0 Å². The molecule has 1 amide bonds. The molecule has 10 heteroatoms. The molecule has 0 saturated carbocycles. The number of carbonyl (C=O) groups is 2. The fraction of sp³-hybridized carbons (Fsp3) is 0.391. The van der Waals surface area contributed by atoms with Gasteiger partial charge in [-0.3, -0.25) is 9.69 Å². The van der Waals surface area contributed by atoms with Crippen LogP contribution in [-0.2, 0) is 19.6 Å². The molecule has 0 aliphatic carbocycles. The highest BCUT2D eigenvalue weighted by Crippen LogP contribution is 2.19. The van der Waals surface area contributed by atoms with Crippen molar-refractivity contribution in [2.45, 2.75) is 24.8 Å². The Bertz CT molecular complexity index is 1070. The fourth-order valence-electron chi connectivity index (χ4n) is 3.58. The lowest BCUT2D eigenvalue weighted by Crippen LogP contribution is -2.51. The van der Waals surface area contributed by atoms with Gasteiger partial charge in [-0.25, -0.2) is 13.2 Å². The first kappa shape index (κ1) is 25.2. The largest absolute Gasteiger partial charge is 0.462 e. The Hall–Kier alpha value is -2.46. The van der Waals surface area contributed by atoms with Gasteiger partial charge in [0.1, 0.15) is 0 Å². The van der Waals surface area contributed by atoms with Crippen LogP contribution in [-0.4, -0.2) is 68.8 Å². The van der Waals surface area contributed by atoms with E-state index in [1.807, 2.05) is 24.0 Å². The molecule has 1 saturated heterocycles. The van der Waals surface area contributed by atoms with Crippen molar-refractivity contribution in [3.63, 3.8) is 0 Å². The van der Waals surface area contributed by atoms with Gasteiger partial charge < -0.3 is 10.1 Å². The summed E-state index contributed by atoms with van der Waals surface area (Å²) < 4.78 is 32.2.